The van der Waals surface area contributed by atoms with Crippen LogP contribution >= 0.6 is 0 Å². The maximum atomic E-state index is 13.1. The van der Waals surface area contributed by atoms with Gasteiger partial charge in [-0.3, -0.25) is 9.69 Å². The number of phenols is 1. The molecule has 1 aliphatic heterocycles. The van der Waals surface area contributed by atoms with Gasteiger partial charge < -0.3 is 14.7 Å². The molecule has 28 heavy (non-hydrogen) atoms. The molecule has 3 rings (SSSR count). The minimum Gasteiger partial charge on any atom is -0.504 e. The van der Waals surface area contributed by atoms with Crippen LogP contribution in [-0.2, 0) is 6.54 Å². The van der Waals surface area contributed by atoms with Crippen LogP contribution in [0.2, 0.25) is 0 Å². The Kier molecular flexibility index (Phi) is 6.57. The van der Waals surface area contributed by atoms with Crippen LogP contribution in [-0.4, -0.2) is 54.1 Å². The van der Waals surface area contributed by atoms with Crippen molar-refractivity contribution < 1.29 is 14.6 Å². The van der Waals surface area contributed by atoms with Gasteiger partial charge in [-0.1, -0.05) is 30.3 Å². The lowest BCUT2D eigenvalue weighted by molar-refractivity contribution is 0.0735. The van der Waals surface area contributed by atoms with Crippen molar-refractivity contribution in [3.8, 4) is 11.5 Å². The largest absolute Gasteiger partial charge is 0.504 e. The highest BCUT2D eigenvalue weighted by atomic mass is 16.5. The van der Waals surface area contributed by atoms with Gasteiger partial charge in [0.25, 0.3) is 5.91 Å². The number of carbonyl (C=O) groups is 1. The summed E-state index contributed by atoms with van der Waals surface area (Å²) >= 11 is 0. The second-order valence-electron chi connectivity index (χ2n) is 7.58. The number of aryl methyl sites for hydroxylation is 1. The van der Waals surface area contributed by atoms with Gasteiger partial charge in [-0.15, -0.1) is 0 Å². The molecule has 0 radical (unpaired) electrons. The topological polar surface area (TPSA) is 53.0 Å². The summed E-state index contributed by atoms with van der Waals surface area (Å²) in [5, 5.41) is 10.4. The molecule has 1 fully saturated rings. The quantitative estimate of drug-likeness (QED) is 0.793. The average Bonchev–Trinajstić information content (AvgIpc) is 3.14. The Morgan fingerprint density at radius 2 is 2.04 bits per heavy atom. The van der Waals surface area contributed by atoms with E-state index in [1.54, 1.807) is 12.1 Å². The number of carbonyl (C=O) groups excluding carboxylic acids is 1. The lowest BCUT2D eigenvalue weighted by atomic mass is 10.1. The van der Waals surface area contributed by atoms with E-state index in [1.807, 2.05) is 24.8 Å². The van der Waals surface area contributed by atoms with Crippen molar-refractivity contribution in [3.63, 3.8) is 0 Å². The number of benzene rings is 2. The first-order chi connectivity index (χ1) is 13.5. The van der Waals surface area contributed by atoms with Gasteiger partial charge in [0, 0.05) is 26.2 Å². The van der Waals surface area contributed by atoms with Crippen molar-refractivity contribution in [2.45, 2.75) is 26.8 Å². The number of ether oxygens (including phenoxy) is 1. The van der Waals surface area contributed by atoms with E-state index in [0.29, 0.717) is 30.3 Å². The number of hydrogen-bond donors (Lipinski definition) is 1. The molecule has 150 valence electrons. The lowest BCUT2D eigenvalue weighted by Gasteiger charge is -2.25. The summed E-state index contributed by atoms with van der Waals surface area (Å²) in [6.07, 6.45) is 1.08. The summed E-state index contributed by atoms with van der Waals surface area (Å²) in [6.45, 7) is 8.19. The van der Waals surface area contributed by atoms with Gasteiger partial charge in [0.2, 0.25) is 0 Å². The number of hydrogen-bond acceptors (Lipinski definition) is 4. The number of rotatable bonds is 7. The Bertz CT molecular complexity index is 807. The van der Waals surface area contributed by atoms with Crippen molar-refractivity contribution in [2.24, 2.45) is 5.92 Å². The van der Waals surface area contributed by atoms with Crippen molar-refractivity contribution in [1.82, 2.24) is 9.80 Å². The summed E-state index contributed by atoms with van der Waals surface area (Å²) in [5.41, 5.74) is 2.53. The first kappa shape index (κ1) is 20.2. The van der Waals surface area contributed by atoms with E-state index in [4.69, 9.17) is 4.74 Å². The van der Waals surface area contributed by atoms with Crippen molar-refractivity contribution in [3.05, 3.63) is 59.2 Å². The highest BCUT2D eigenvalue weighted by Crippen LogP contribution is 2.32. The van der Waals surface area contributed by atoms with Crippen LogP contribution in [0.25, 0.3) is 0 Å². The van der Waals surface area contributed by atoms with Crippen LogP contribution in [0.4, 0.5) is 0 Å². The van der Waals surface area contributed by atoms with Gasteiger partial charge in [-0.25, -0.2) is 0 Å². The third kappa shape index (κ3) is 4.65. The van der Waals surface area contributed by atoms with Gasteiger partial charge in [0.05, 0.1) is 12.7 Å². The average molecular weight is 383 g/mol. The normalized spacial score (nSPS) is 16.9. The van der Waals surface area contributed by atoms with E-state index in [0.717, 1.165) is 31.6 Å². The number of likely N-dealkylation sites (tertiary alicyclic amines) is 1. The summed E-state index contributed by atoms with van der Waals surface area (Å²) < 4.78 is 5.21. The zero-order valence-electron chi connectivity index (χ0n) is 17.0. The molecule has 2 aromatic rings. The standard InChI is InChI=1S/C23H30N2O3/c1-4-25(23(27)20-12-17(2)13-21(28-3)22(20)26)16-19-10-11-24(15-19)14-18-8-6-5-7-9-18/h5-9,12-13,19,26H,4,10-11,14-16H2,1-3H3/t19-/m1/s1. The summed E-state index contributed by atoms with van der Waals surface area (Å²) in [7, 11) is 1.50. The maximum absolute atomic E-state index is 13.1. The predicted molar refractivity (Wildman–Crippen MR) is 111 cm³/mol. The van der Waals surface area contributed by atoms with Crippen LogP contribution in [0.1, 0.15) is 34.8 Å². The fourth-order valence-corrected chi connectivity index (χ4v) is 3.95. The number of nitrogens with zero attached hydrogens (tertiary/aromatic N) is 2. The molecule has 0 saturated carbocycles. The number of aromatic hydroxyl groups is 1. The molecule has 5 heteroatoms. The number of phenolic OH excluding ortho intramolecular Hbond substituents is 1. The second kappa shape index (κ2) is 9.11. The third-order valence-electron chi connectivity index (χ3n) is 5.44. The molecule has 1 heterocycles. The minimum atomic E-state index is -0.136. The van der Waals surface area contributed by atoms with Gasteiger partial charge >= 0.3 is 0 Å². The number of amides is 1. The SMILES string of the molecule is CCN(C[C@@H]1CCN(Cc2ccccc2)C1)C(=O)c1cc(C)cc(OC)c1O. The monoisotopic (exact) mass is 382 g/mol. The smallest absolute Gasteiger partial charge is 0.257 e. The van der Waals surface area contributed by atoms with Gasteiger partial charge in [-0.05, 0) is 56.0 Å². The molecular weight excluding hydrogens is 352 g/mol. The Balaban J connectivity index is 1.65. The van der Waals surface area contributed by atoms with Crippen LogP contribution < -0.4 is 4.74 Å². The molecule has 5 nitrogen and oxygen atoms in total. The Hall–Kier alpha value is -2.53. The van der Waals surface area contributed by atoms with E-state index >= 15 is 0 Å². The number of methoxy groups -OCH3 is 1. The summed E-state index contributed by atoms with van der Waals surface area (Å²) in [4.78, 5) is 17.4. The summed E-state index contributed by atoms with van der Waals surface area (Å²) in [6, 6.07) is 14.0. The predicted octanol–water partition coefficient (Wildman–Crippen LogP) is 3.69. The molecule has 0 bridgehead atoms. The zero-order valence-corrected chi connectivity index (χ0v) is 17.0. The molecule has 0 spiro atoms. The Morgan fingerprint density at radius 1 is 1.29 bits per heavy atom. The minimum absolute atomic E-state index is 0.0753. The maximum Gasteiger partial charge on any atom is 0.257 e. The van der Waals surface area contributed by atoms with E-state index < -0.39 is 0 Å². The van der Waals surface area contributed by atoms with Crippen LogP contribution in [0.3, 0.4) is 0 Å². The van der Waals surface area contributed by atoms with Crippen molar-refractivity contribution >= 4 is 5.91 Å². The van der Waals surface area contributed by atoms with E-state index in [-0.39, 0.29) is 11.7 Å². The molecule has 1 amide bonds. The van der Waals surface area contributed by atoms with Crippen LogP contribution in [0.5, 0.6) is 11.5 Å². The highest BCUT2D eigenvalue weighted by Gasteiger charge is 2.27. The molecule has 0 aromatic heterocycles. The van der Waals surface area contributed by atoms with Crippen molar-refractivity contribution in [1.29, 1.82) is 0 Å². The molecule has 1 atom stereocenters. The van der Waals surface area contributed by atoms with E-state index in [1.165, 1.54) is 12.7 Å². The van der Waals surface area contributed by atoms with Gasteiger partial charge in [-0.2, -0.15) is 0 Å². The first-order valence-electron chi connectivity index (χ1n) is 9.95. The Morgan fingerprint density at radius 3 is 2.71 bits per heavy atom. The van der Waals surface area contributed by atoms with Crippen LogP contribution in [0, 0.1) is 12.8 Å². The molecule has 2 aromatic carbocycles. The second-order valence-corrected chi connectivity index (χ2v) is 7.58. The molecule has 1 aliphatic rings. The van der Waals surface area contributed by atoms with Crippen molar-refractivity contribution in [2.75, 3.05) is 33.3 Å². The first-order valence-corrected chi connectivity index (χ1v) is 9.95. The fourth-order valence-electron chi connectivity index (χ4n) is 3.95. The zero-order chi connectivity index (χ0) is 20.1. The third-order valence-corrected chi connectivity index (χ3v) is 5.44. The summed E-state index contributed by atoms with van der Waals surface area (Å²) in [5.74, 6) is 0.577. The highest BCUT2D eigenvalue weighted by molar-refractivity contribution is 5.98. The lowest BCUT2D eigenvalue weighted by Crippen LogP contribution is -2.36. The van der Waals surface area contributed by atoms with E-state index in [2.05, 4.69) is 29.2 Å². The van der Waals surface area contributed by atoms with Gasteiger partial charge in [0.15, 0.2) is 11.5 Å². The van der Waals surface area contributed by atoms with Gasteiger partial charge in [0.1, 0.15) is 0 Å². The molecular formula is C23H30N2O3. The Labute approximate surface area is 167 Å². The fraction of sp³-hybridized carbons (Fsp3) is 0.435. The molecule has 0 unspecified atom stereocenters. The van der Waals surface area contributed by atoms with Crippen LogP contribution in [0.15, 0.2) is 42.5 Å². The molecule has 1 saturated heterocycles. The molecule has 0 aliphatic carbocycles. The molecule has 1 N–H and O–H groups in total. The van der Waals surface area contributed by atoms with E-state index in [9.17, 15) is 9.90 Å².